The van der Waals surface area contributed by atoms with Crippen molar-refractivity contribution in [1.82, 2.24) is 4.31 Å². The summed E-state index contributed by atoms with van der Waals surface area (Å²) in [5, 5.41) is 0. The smallest absolute Gasteiger partial charge is 0.245 e. The summed E-state index contributed by atoms with van der Waals surface area (Å²) < 4.78 is 31.6. The molecule has 1 heterocycles. The molecule has 1 aromatic carbocycles. The van der Waals surface area contributed by atoms with Crippen LogP contribution >= 0.6 is 0 Å². The van der Waals surface area contributed by atoms with Crippen LogP contribution in [0.1, 0.15) is 19.8 Å². The maximum atomic E-state index is 12.5. The van der Waals surface area contributed by atoms with Gasteiger partial charge >= 0.3 is 0 Å². The predicted octanol–water partition coefficient (Wildman–Crippen LogP) is 1.70. The fraction of sp³-hybridized carbons (Fsp3) is 0.538. The lowest BCUT2D eigenvalue weighted by Gasteiger charge is -2.18. The Kier molecular flexibility index (Phi) is 4.01. The molecule has 6 heteroatoms. The van der Waals surface area contributed by atoms with Crippen molar-refractivity contribution in [2.75, 3.05) is 25.9 Å². The Morgan fingerprint density at radius 1 is 1.47 bits per heavy atom. The second-order valence-electron chi connectivity index (χ2n) is 4.83. The normalized spacial score (nSPS) is 20.6. The maximum Gasteiger partial charge on any atom is 0.245 e. The molecule has 1 saturated heterocycles. The number of nitrogen functional groups attached to an aromatic ring is 1. The van der Waals surface area contributed by atoms with Gasteiger partial charge in [-0.3, -0.25) is 0 Å². The van der Waals surface area contributed by atoms with Gasteiger partial charge in [-0.25, -0.2) is 8.42 Å². The summed E-state index contributed by atoms with van der Waals surface area (Å²) in [5.41, 5.74) is 6.07. The van der Waals surface area contributed by atoms with Gasteiger partial charge in [-0.05, 0) is 24.5 Å². The first-order valence-electron chi connectivity index (χ1n) is 6.42. The van der Waals surface area contributed by atoms with Crippen molar-refractivity contribution in [3.05, 3.63) is 18.2 Å². The lowest BCUT2D eigenvalue weighted by Crippen LogP contribution is -2.29. The van der Waals surface area contributed by atoms with E-state index in [1.165, 1.54) is 17.5 Å². The number of hydrogen-bond acceptors (Lipinski definition) is 4. The lowest BCUT2D eigenvalue weighted by molar-refractivity contribution is 0.414. The molecule has 5 nitrogen and oxygen atoms in total. The molecule has 1 unspecified atom stereocenters. The molecule has 19 heavy (non-hydrogen) atoms. The zero-order valence-corrected chi connectivity index (χ0v) is 12.1. The van der Waals surface area contributed by atoms with Crippen molar-refractivity contribution in [3.8, 4) is 5.75 Å². The van der Waals surface area contributed by atoms with Crippen LogP contribution in [0, 0.1) is 5.92 Å². The Hall–Kier alpha value is -1.27. The van der Waals surface area contributed by atoms with Gasteiger partial charge in [-0.1, -0.05) is 13.3 Å². The second-order valence-corrected chi connectivity index (χ2v) is 6.74. The third kappa shape index (κ3) is 2.69. The first-order chi connectivity index (χ1) is 8.98. The Labute approximate surface area is 114 Å². The zero-order valence-electron chi connectivity index (χ0n) is 11.3. The van der Waals surface area contributed by atoms with Crippen molar-refractivity contribution in [2.24, 2.45) is 5.92 Å². The fourth-order valence-corrected chi connectivity index (χ4v) is 4.00. The molecular weight excluding hydrogens is 264 g/mol. The average molecular weight is 284 g/mol. The van der Waals surface area contributed by atoms with E-state index in [1.807, 2.05) is 0 Å². The summed E-state index contributed by atoms with van der Waals surface area (Å²) in [5.74, 6) is 1.01. The van der Waals surface area contributed by atoms with Crippen molar-refractivity contribution in [3.63, 3.8) is 0 Å². The summed E-state index contributed by atoms with van der Waals surface area (Å²) in [7, 11) is -1.96. The van der Waals surface area contributed by atoms with E-state index < -0.39 is 10.0 Å². The Morgan fingerprint density at radius 3 is 2.74 bits per heavy atom. The highest BCUT2D eigenvalue weighted by molar-refractivity contribution is 7.89. The van der Waals surface area contributed by atoms with Gasteiger partial charge in [0, 0.05) is 19.2 Å². The summed E-state index contributed by atoms with van der Waals surface area (Å²) in [6.45, 7) is 3.25. The molecule has 1 aliphatic heterocycles. The third-order valence-electron chi connectivity index (χ3n) is 3.66. The molecule has 106 valence electrons. The largest absolute Gasteiger partial charge is 0.497 e. The maximum absolute atomic E-state index is 12.5. The molecular formula is C13H20N2O3S. The van der Waals surface area contributed by atoms with E-state index >= 15 is 0 Å². The third-order valence-corrected chi connectivity index (χ3v) is 5.60. The van der Waals surface area contributed by atoms with Crippen LogP contribution in [0.3, 0.4) is 0 Å². The van der Waals surface area contributed by atoms with Gasteiger partial charge in [0.15, 0.2) is 0 Å². The number of methoxy groups -OCH3 is 1. The molecule has 0 spiro atoms. The molecule has 2 rings (SSSR count). The van der Waals surface area contributed by atoms with Crippen molar-refractivity contribution >= 4 is 15.7 Å². The van der Waals surface area contributed by atoms with Crippen LogP contribution in [0.5, 0.6) is 5.75 Å². The number of hydrogen-bond donors (Lipinski definition) is 1. The minimum Gasteiger partial charge on any atom is -0.497 e. The van der Waals surface area contributed by atoms with Crippen molar-refractivity contribution in [1.29, 1.82) is 0 Å². The number of benzene rings is 1. The van der Waals surface area contributed by atoms with E-state index in [-0.39, 0.29) is 10.6 Å². The predicted molar refractivity (Wildman–Crippen MR) is 74.6 cm³/mol. The van der Waals surface area contributed by atoms with E-state index in [4.69, 9.17) is 10.5 Å². The Bertz CT molecular complexity index is 557. The number of rotatable bonds is 4. The Balaban J connectivity index is 2.30. The van der Waals surface area contributed by atoms with E-state index in [2.05, 4.69) is 6.92 Å². The number of anilines is 1. The average Bonchev–Trinajstić information content (AvgIpc) is 2.87. The van der Waals surface area contributed by atoms with Crippen molar-refractivity contribution in [2.45, 2.75) is 24.7 Å². The van der Waals surface area contributed by atoms with Gasteiger partial charge in [-0.15, -0.1) is 0 Å². The van der Waals surface area contributed by atoms with Gasteiger partial charge in [0.1, 0.15) is 10.6 Å². The van der Waals surface area contributed by atoms with Gasteiger partial charge in [-0.2, -0.15) is 4.31 Å². The molecule has 2 N–H and O–H groups in total. The van der Waals surface area contributed by atoms with Gasteiger partial charge < -0.3 is 10.5 Å². The quantitative estimate of drug-likeness (QED) is 0.854. The van der Waals surface area contributed by atoms with E-state index in [9.17, 15) is 8.42 Å². The van der Waals surface area contributed by atoms with Crippen LogP contribution < -0.4 is 10.5 Å². The Morgan fingerprint density at radius 2 is 2.21 bits per heavy atom. The van der Waals surface area contributed by atoms with Gasteiger partial charge in [0.25, 0.3) is 0 Å². The molecule has 1 fully saturated rings. The number of nitrogens with two attached hydrogens (primary N) is 1. The van der Waals surface area contributed by atoms with Gasteiger partial charge in [0.05, 0.1) is 12.8 Å². The molecule has 1 atom stereocenters. The molecule has 0 radical (unpaired) electrons. The number of ether oxygens (including phenoxy) is 1. The summed E-state index contributed by atoms with van der Waals surface area (Å²) in [6.07, 6.45) is 1.93. The fourth-order valence-electron chi connectivity index (χ4n) is 2.38. The topological polar surface area (TPSA) is 72.6 Å². The van der Waals surface area contributed by atoms with Crippen LogP contribution in [0.4, 0.5) is 5.69 Å². The monoisotopic (exact) mass is 284 g/mol. The van der Waals surface area contributed by atoms with Crippen LogP contribution in [0.15, 0.2) is 23.1 Å². The van der Waals surface area contributed by atoms with Crippen molar-refractivity contribution < 1.29 is 13.2 Å². The highest BCUT2D eigenvalue weighted by Crippen LogP contribution is 2.30. The van der Waals surface area contributed by atoms with Crippen LogP contribution in [0.25, 0.3) is 0 Å². The molecule has 0 aliphatic carbocycles. The summed E-state index contributed by atoms with van der Waals surface area (Å²) in [4.78, 5) is 0.171. The number of nitrogens with zero attached hydrogens (tertiary/aromatic N) is 1. The van der Waals surface area contributed by atoms with E-state index in [1.54, 1.807) is 12.1 Å². The van der Waals surface area contributed by atoms with Crippen LogP contribution in [-0.2, 0) is 10.0 Å². The molecule has 0 amide bonds. The molecule has 1 aliphatic rings. The van der Waals surface area contributed by atoms with E-state index in [0.717, 1.165) is 12.8 Å². The SMILES string of the molecule is CCC1CCN(S(=O)(=O)c2ccc(OC)cc2N)C1. The van der Waals surface area contributed by atoms with Crippen LogP contribution in [-0.4, -0.2) is 32.9 Å². The highest BCUT2D eigenvalue weighted by Gasteiger charge is 2.32. The minimum absolute atomic E-state index is 0.171. The van der Waals surface area contributed by atoms with E-state index in [0.29, 0.717) is 24.8 Å². The first-order valence-corrected chi connectivity index (χ1v) is 7.86. The molecule has 0 bridgehead atoms. The second kappa shape index (κ2) is 5.38. The summed E-state index contributed by atoms with van der Waals surface area (Å²) in [6, 6.07) is 4.68. The first kappa shape index (κ1) is 14.1. The zero-order chi connectivity index (χ0) is 14.0. The molecule has 1 aromatic rings. The number of sulfonamides is 1. The highest BCUT2D eigenvalue weighted by atomic mass is 32.2. The molecule has 0 aromatic heterocycles. The summed E-state index contributed by atoms with van der Waals surface area (Å²) >= 11 is 0. The standard InChI is InChI=1S/C13H20N2O3S/c1-3-10-6-7-15(9-10)19(16,17)13-5-4-11(18-2)8-12(13)14/h4-5,8,10H,3,6-7,9,14H2,1-2H3. The minimum atomic E-state index is -3.48. The van der Waals surface area contributed by atoms with Gasteiger partial charge in [0.2, 0.25) is 10.0 Å². The van der Waals surface area contributed by atoms with Crippen LogP contribution in [0.2, 0.25) is 0 Å². The lowest BCUT2D eigenvalue weighted by atomic mass is 10.1. The molecule has 0 saturated carbocycles.